The molecule has 0 saturated carbocycles. The van der Waals surface area contributed by atoms with E-state index in [1.807, 2.05) is 23.5 Å². The normalized spacial score (nSPS) is 12.4. The van der Waals surface area contributed by atoms with Crippen molar-refractivity contribution in [3.63, 3.8) is 0 Å². The van der Waals surface area contributed by atoms with Crippen molar-refractivity contribution in [1.29, 1.82) is 0 Å². The molecule has 2 rings (SSSR count). The van der Waals surface area contributed by atoms with Crippen LogP contribution >= 0.6 is 11.3 Å². The largest absolute Gasteiger partial charge is 0.497 e. The molecule has 0 radical (unpaired) electrons. The van der Waals surface area contributed by atoms with Gasteiger partial charge in [-0.3, -0.25) is 0 Å². The summed E-state index contributed by atoms with van der Waals surface area (Å²) in [5.74, 6) is 0.910. The van der Waals surface area contributed by atoms with Gasteiger partial charge in [0.2, 0.25) is 0 Å². The number of methoxy groups -OCH3 is 1. The molecule has 19 heavy (non-hydrogen) atoms. The van der Waals surface area contributed by atoms with E-state index in [0.717, 1.165) is 18.7 Å². The van der Waals surface area contributed by atoms with Gasteiger partial charge in [0, 0.05) is 17.5 Å². The Morgan fingerprint density at radius 3 is 2.47 bits per heavy atom. The van der Waals surface area contributed by atoms with Gasteiger partial charge in [0.05, 0.1) is 7.11 Å². The zero-order valence-corrected chi connectivity index (χ0v) is 12.6. The molecule has 1 aromatic carbocycles. The molecule has 0 bridgehead atoms. The molecule has 0 aliphatic carbocycles. The van der Waals surface area contributed by atoms with Crippen molar-refractivity contribution in [1.82, 2.24) is 5.32 Å². The Bertz CT molecular complexity index is 504. The van der Waals surface area contributed by atoms with Crippen molar-refractivity contribution in [3.8, 4) is 5.75 Å². The highest BCUT2D eigenvalue weighted by molar-refractivity contribution is 7.10. The smallest absolute Gasteiger partial charge is 0.118 e. The second-order valence-corrected chi connectivity index (χ2v) is 5.64. The summed E-state index contributed by atoms with van der Waals surface area (Å²) in [6, 6.07) is 10.9. The lowest BCUT2D eigenvalue weighted by Crippen LogP contribution is -2.20. The van der Waals surface area contributed by atoms with E-state index in [1.165, 1.54) is 16.0 Å². The van der Waals surface area contributed by atoms with Crippen LogP contribution in [0.15, 0.2) is 35.7 Å². The van der Waals surface area contributed by atoms with Gasteiger partial charge in [-0.05, 0) is 48.1 Å². The van der Waals surface area contributed by atoms with Gasteiger partial charge in [0.15, 0.2) is 0 Å². The summed E-state index contributed by atoms with van der Waals surface area (Å²) in [6.45, 7) is 5.32. The van der Waals surface area contributed by atoms with E-state index in [0.29, 0.717) is 6.04 Å². The highest BCUT2D eigenvalue weighted by Gasteiger charge is 2.09. The highest BCUT2D eigenvalue weighted by atomic mass is 32.1. The lowest BCUT2D eigenvalue weighted by Gasteiger charge is -2.17. The van der Waals surface area contributed by atoms with Crippen molar-refractivity contribution < 1.29 is 4.74 Å². The molecule has 2 nitrogen and oxygen atoms in total. The molecule has 0 saturated heterocycles. The van der Waals surface area contributed by atoms with Crippen molar-refractivity contribution in [2.75, 3.05) is 7.11 Å². The number of rotatable bonds is 6. The highest BCUT2D eigenvalue weighted by Crippen LogP contribution is 2.22. The van der Waals surface area contributed by atoms with Gasteiger partial charge in [-0.2, -0.15) is 0 Å². The van der Waals surface area contributed by atoms with Crippen molar-refractivity contribution in [3.05, 3.63) is 51.7 Å². The third-order valence-electron chi connectivity index (χ3n) is 3.40. The van der Waals surface area contributed by atoms with Crippen LogP contribution in [0.2, 0.25) is 0 Å². The third-order valence-corrected chi connectivity index (χ3v) is 4.43. The van der Waals surface area contributed by atoms with E-state index < -0.39 is 0 Å². The number of hydrogen-bond donors (Lipinski definition) is 1. The Morgan fingerprint density at radius 2 is 1.95 bits per heavy atom. The standard InChI is InChI=1S/C16H21NOS/c1-4-15(13-5-7-14(18-3)8-6-13)17-11-16-12(2)9-10-19-16/h5-10,15,17H,4,11H2,1-3H3. The maximum atomic E-state index is 5.20. The van der Waals surface area contributed by atoms with Gasteiger partial charge in [-0.25, -0.2) is 0 Å². The van der Waals surface area contributed by atoms with Gasteiger partial charge in [-0.1, -0.05) is 19.1 Å². The van der Waals surface area contributed by atoms with Crippen molar-refractivity contribution in [2.24, 2.45) is 0 Å². The van der Waals surface area contributed by atoms with Crippen LogP contribution in [0, 0.1) is 6.92 Å². The van der Waals surface area contributed by atoms with Crippen LogP contribution in [-0.2, 0) is 6.54 Å². The summed E-state index contributed by atoms with van der Waals surface area (Å²) >= 11 is 1.82. The lowest BCUT2D eigenvalue weighted by atomic mass is 10.0. The quantitative estimate of drug-likeness (QED) is 0.848. The minimum absolute atomic E-state index is 0.396. The van der Waals surface area contributed by atoms with Crippen molar-refractivity contribution in [2.45, 2.75) is 32.9 Å². The first kappa shape index (κ1) is 14.1. The topological polar surface area (TPSA) is 21.3 Å². The zero-order chi connectivity index (χ0) is 13.7. The zero-order valence-electron chi connectivity index (χ0n) is 11.8. The summed E-state index contributed by atoms with van der Waals surface area (Å²) < 4.78 is 5.20. The first-order valence-electron chi connectivity index (χ1n) is 6.65. The molecule has 1 heterocycles. The summed E-state index contributed by atoms with van der Waals surface area (Å²) in [5, 5.41) is 5.79. The minimum Gasteiger partial charge on any atom is -0.497 e. The maximum Gasteiger partial charge on any atom is 0.118 e. The van der Waals surface area contributed by atoms with Crippen LogP contribution in [0.5, 0.6) is 5.75 Å². The van der Waals surface area contributed by atoms with Gasteiger partial charge in [0.25, 0.3) is 0 Å². The molecule has 2 aromatic rings. The van der Waals surface area contributed by atoms with Gasteiger partial charge in [0.1, 0.15) is 5.75 Å². The molecule has 0 fully saturated rings. The Morgan fingerprint density at radius 1 is 1.21 bits per heavy atom. The summed E-state index contributed by atoms with van der Waals surface area (Å²) in [7, 11) is 1.70. The minimum atomic E-state index is 0.396. The van der Waals surface area contributed by atoms with Crippen LogP contribution in [0.3, 0.4) is 0 Å². The fourth-order valence-corrected chi connectivity index (χ4v) is 2.99. The molecule has 1 atom stereocenters. The fraction of sp³-hybridized carbons (Fsp3) is 0.375. The van der Waals surface area contributed by atoms with Gasteiger partial charge < -0.3 is 10.1 Å². The number of nitrogens with one attached hydrogen (secondary N) is 1. The van der Waals surface area contributed by atoms with Gasteiger partial charge >= 0.3 is 0 Å². The predicted molar refractivity (Wildman–Crippen MR) is 81.9 cm³/mol. The number of hydrogen-bond acceptors (Lipinski definition) is 3. The molecule has 0 spiro atoms. The van der Waals surface area contributed by atoms with Gasteiger partial charge in [-0.15, -0.1) is 11.3 Å². The number of ether oxygens (including phenoxy) is 1. The molecule has 1 unspecified atom stereocenters. The number of aryl methyl sites for hydroxylation is 1. The molecule has 0 aliphatic rings. The second kappa shape index (κ2) is 6.73. The maximum absolute atomic E-state index is 5.20. The van der Waals surface area contributed by atoms with Crippen LogP contribution in [0.25, 0.3) is 0 Å². The SMILES string of the molecule is CCC(NCc1sccc1C)c1ccc(OC)cc1. The van der Waals surface area contributed by atoms with Crippen LogP contribution in [0.1, 0.15) is 35.4 Å². The molecular weight excluding hydrogens is 254 g/mol. The third kappa shape index (κ3) is 3.58. The average Bonchev–Trinajstić information content (AvgIpc) is 2.86. The van der Waals surface area contributed by atoms with E-state index in [2.05, 4.69) is 42.7 Å². The first-order valence-corrected chi connectivity index (χ1v) is 7.53. The summed E-state index contributed by atoms with van der Waals surface area (Å²) in [4.78, 5) is 1.42. The Balaban J connectivity index is 2.01. The molecule has 0 aliphatic heterocycles. The monoisotopic (exact) mass is 275 g/mol. The van der Waals surface area contributed by atoms with Crippen LogP contribution in [-0.4, -0.2) is 7.11 Å². The van der Waals surface area contributed by atoms with E-state index in [4.69, 9.17) is 4.74 Å². The van der Waals surface area contributed by atoms with E-state index in [1.54, 1.807) is 7.11 Å². The summed E-state index contributed by atoms with van der Waals surface area (Å²) in [6.07, 6.45) is 1.08. The number of thiophene rings is 1. The Kier molecular flexibility index (Phi) is 5.00. The number of benzene rings is 1. The first-order chi connectivity index (χ1) is 9.24. The predicted octanol–water partition coefficient (Wildman–Crippen LogP) is 4.31. The average molecular weight is 275 g/mol. The molecule has 102 valence electrons. The van der Waals surface area contributed by atoms with Crippen LogP contribution in [0.4, 0.5) is 0 Å². The van der Waals surface area contributed by atoms with E-state index >= 15 is 0 Å². The van der Waals surface area contributed by atoms with E-state index in [-0.39, 0.29) is 0 Å². The Hall–Kier alpha value is -1.32. The fourth-order valence-electron chi connectivity index (χ4n) is 2.14. The van der Waals surface area contributed by atoms with Crippen LogP contribution < -0.4 is 10.1 Å². The lowest BCUT2D eigenvalue weighted by molar-refractivity contribution is 0.414. The molecule has 1 N–H and O–H groups in total. The van der Waals surface area contributed by atoms with E-state index in [9.17, 15) is 0 Å². The van der Waals surface area contributed by atoms with Crippen molar-refractivity contribution >= 4 is 11.3 Å². The second-order valence-electron chi connectivity index (χ2n) is 4.64. The summed E-state index contributed by atoms with van der Waals surface area (Å²) in [5.41, 5.74) is 2.69. The molecule has 3 heteroatoms. The molecular formula is C16H21NOS. The molecule has 0 amide bonds. The molecule has 1 aromatic heterocycles. The Labute approximate surface area is 119 Å².